The Bertz CT molecular complexity index is 618. The van der Waals surface area contributed by atoms with Crippen molar-refractivity contribution in [2.24, 2.45) is 0 Å². The van der Waals surface area contributed by atoms with Gasteiger partial charge in [0.25, 0.3) is 0 Å². The largest absolute Gasteiger partial charge is 0.481 e. The Kier molecular flexibility index (Phi) is 4.40. The molecular formula is C15H18N2O3. The van der Waals surface area contributed by atoms with Gasteiger partial charge < -0.3 is 15.4 Å². The second kappa shape index (κ2) is 6.23. The van der Waals surface area contributed by atoms with Gasteiger partial charge in [-0.1, -0.05) is 18.2 Å². The third-order valence-electron chi connectivity index (χ3n) is 3.22. The summed E-state index contributed by atoms with van der Waals surface area (Å²) in [6.45, 7) is 1.82. The second-order valence-corrected chi connectivity index (χ2v) is 4.94. The number of fused-ring (bicyclic) bond motifs is 1. The van der Waals surface area contributed by atoms with E-state index in [1.165, 1.54) is 0 Å². The predicted molar refractivity (Wildman–Crippen MR) is 76.5 cm³/mol. The van der Waals surface area contributed by atoms with E-state index in [-0.39, 0.29) is 18.4 Å². The van der Waals surface area contributed by atoms with E-state index in [9.17, 15) is 9.59 Å². The first-order valence-electron chi connectivity index (χ1n) is 6.62. The molecule has 0 saturated heterocycles. The van der Waals surface area contributed by atoms with Gasteiger partial charge in [0.1, 0.15) is 0 Å². The van der Waals surface area contributed by atoms with Crippen LogP contribution in [0.2, 0.25) is 0 Å². The molecule has 2 rings (SSSR count). The third-order valence-corrected chi connectivity index (χ3v) is 3.22. The van der Waals surface area contributed by atoms with E-state index in [1.54, 1.807) is 0 Å². The van der Waals surface area contributed by atoms with Crippen LogP contribution < -0.4 is 5.32 Å². The van der Waals surface area contributed by atoms with Crippen LogP contribution in [-0.2, 0) is 16.0 Å². The number of hydrogen-bond donors (Lipinski definition) is 3. The van der Waals surface area contributed by atoms with Crippen LogP contribution in [0, 0.1) is 0 Å². The summed E-state index contributed by atoms with van der Waals surface area (Å²) >= 11 is 0. The van der Waals surface area contributed by atoms with Gasteiger partial charge in [0.15, 0.2) is 0 Å². The molecule has 20 heavy (non-hydrogen) atoms. The Labute approximate surface area is 117 Å². The first-order valence-corrected chi connectivity index (χ1v) is 6.62. The first kappa shape index (κ1) is 14.1. The normalized spacial score (nSPS) is 12.2. The number of nitrogens with one attached hydrogen (secondary N) is 2. The first-order chi connectivity index (χ1) is 9.56. The highest BCUT2D eigenvalue weighted by molar-refractivity contribution is 5.88. The molecule has 0 radical (unpaired) electrons. The molecule has 106 valence electrons. The number of carbonyl (C=O) groups excluding carboxylic acids is 1. The molecule has 2 aromatic rings. The molecular weight excluding hydrogens is 256 g/mol. The minimum atomic E-state index is -0.845. The number of aliphatic carboxylic acids is 1. The zero-order valence-electron chi connectivity index (χ0n) is 11.3. The van der Waals surface area contributed by atoms with Crippen LogP contribution in [0.15, 0.2) is 30.5 Å². The number of aromatic nitrogens is 1. The lowest BCUT2D eigenvalue weighted by atomic mass is 10.1. The molecule has 1 aromatic heterocycles. The lowest BCUT2D eigenvalue weighted by molar-refractivity contribution is -0.137. The van der Waals surface area contributed by atoms with Crippen molar-refractivity contribution in [2.45, 2.75) is 32.2 Å². The van der Waals surface area contributed by atoms with Crippen LogP contribution in [-0.4, -0.2) is 28.0 Å². The summed E-state index contributed by atoms with van der Waals surface area (Å²) in [5.74, 6) is -0.935. The van der Waals surface area contributed by atoms with E-state index in [2.05, 4.69) is 10.3 Å². The molecule has 0 saturated carbocycles. The van der Waals surface area contributed by atoms with Crippen molar-refractivity contribution in [1.29, 1.82) is 0 Å². The Balaban J connectivity index is 1.93. The zero-order valence-corrected chi connectivity index (χ0v) is 11.3. The van der Waals surface area contributed by atoms with Crippen LogP contribution >= 0.6 is 0 Å². The maximum atomic E-state index is 11.9. The van der Waals surface area contributed by atoms with Crippen LogP contribution in [0.25, 0.3) is 10.9 Å². The molecule has 1 aromatic carbocycles. The lowest BCUT2D eigenvalue weighted by Gasteiger charge is -2.12. The van der Waals surface area contributed by atoms with Crippen LogP contribution in [0.4, 0.5) is 0 Å². The third kappa shape index (κ3) is 3.60. The van der Waals surface area contributed by atoms with Gasteiger partial charge in [-0.25, -0.2) is 0 Å². The number of amides is 1. The molecule has 0 bridgehead atoms. The van der Waals surface area contributed by atoms with Crippen molar-refractivity contribution in [2.75, 3.05) is 0 Å². The summed E-state index contributed by atoms with van der Waals surface area (Å²) in [5, 5.41) is 12.5. The van der Waals surface area contributed by atoms with Crippen molar-refractivity contribution in [1.82, 2.24) is 10.3 Å². The number of aromatic amines is 1. The molecule has 0 aliphatic heterocycles. The number of carbonyl (C=O) groups is 2. The summed E-state index contributed by atoms with van der Waals surface area (Å²) in [4.78, 5) is 25.5. The molecule has 3 N–H and O–H groups in total. The van der Waals surface area contributed by atoms with Gasteiger partial charge >= 0.3 is 5.97 Å². The van der Waals surface area contributed by atoms with Gasteiger partial charge in [0.2, 0.25) is 5.91 Å². The second-order valence-electron chi connectivity index (χ2n) is 4.94. The lowest BCUT2D eigenvalue weighted by Crippen LogP contribution is -2.34. The number of benzene rings is 1. The minimum Gasteiger partial charge on any atom is -0.481 e. The fourth-order valence-electron chi connectivity index (χ4n) is 2.19. The van der Waals surface area contributed by atoms with Crippen LogP contribution in [0.1, 0.15) is 25.3 Å². The van der Waals surface area contributed by atoms with Crippen molar-refractivity contribution in [3.8, 4) is 0 Å². The van der Waals surface area contributed by atoms with E-state index in [0.717, 1.165) is 16.5 Å². The SMILES string of the molecule is CC(CCC(=O)O)NC(=O)Cc1c[nH]c2ccccc12. The van der Waals surface area contributed by atoms with Crippen LogP contribution in [0.3, 0.4) is 0 Å². The van der Waals surface area contributed by atoms with E-state index >= 15 is 0 Å². The Hall–Kier alpha value is -2.30. The number of para-hydroxylation sites is 1. The molecule has 1 heterocycles. The van der Waals surface area contributed by atoms with Crippen molar-refractivity contribution in [3.63, 3.8) is 0 Å². The summed E-state index contributed by atoms with van der Waals surface area (Å²) in [7, 11) is 0. The highest BCUT2D eigenvalue weighted by Gasteiger charge is 2.12. The molecule has 1 amide bonds. The van der Waals surface area contributed by atoms with Gasteiger partial charge in [-0.2, -0.15) is 0 Å². The van der Waals surface area contributed by atoms with Gasteiger partial charge in [-0.05, 0) is 25.0 Å². The van der Waals surface area contributed by atoms with E-state index < -0.39 is 5.97 Å². The van der Waals surface area contributed by atoms with Crippen molar-refractivity contribution >= 4 is 22.8 Å². The number of rotatable bonds is 6. The fraction of sp³-hybridized carbons (Fsp3) is 0.333. The maximum absolute atomic E-state index is 11.9. The van der Waals surface area contributed by atoms with Gasteiger partial charge in [-0.3, -0.25) is 9.59 Å². The molecule has 0 fully saturated rings. The molecule has 5 heteroatoms. The smallest absolute Gasteiger partial charge is 0.303 e. The van der Waals surface area contributed by atoms with E-state index in [4.69, 9.17) is 5.11 Å². The summed E-state index contributed by atoms with van der Waals surface area (Å²) in [6.07, 6.45) is 2.64. The molecule has 0 aliphatic rings. The highest BCUT2D eigenvalue weighted by atomic mass is 16.4. The number of H-pyrrole nitrogens is 1. The zero-order chi connectivity index (χ0) is 14.5. The molecule has 1 atom stereocenters. The monoisotopic (exact) mass is 274 g/mol. The highest BCUT2D eigenvalue weighted by Crippen LogP contribution is 2.18. The van der Waals surface area contributed by atoms with Crippen LogP contribution in [0.5, 0.6) is 0 Å². The number of carboxylic acids is 1. The Morgan fingerprint density at radius 1 is 1.35 bits per heavy atom. The predicted octanol–water partition coefficient (Wildman–Crippen LogP) is 2.08. The van der Waals surface area contributed by atoms with Crippen molar-refractivity contribution in [3.05, 3.63) is 36.0 Å². The fourth-order valence-corrected chi connectivity index (χ4v) is 2.19. The topological polar surface area (TPSA) is 82.2 Å². The minimum absolute atomic E-state index is 0.0640. The van der Waals surface area contributed by atoms with Crippen molar-refractivity contribution < 1.29 is 14.7 Å². The average Bonchev–Trinajstić information content (AvgIpc) is 2.80. The molecule has 0 aliphatic carbocycles. The molecule has 5 nitrogen and oxygen atoms in total. The Morgan fingerprint density at radius 3 is 2.85 bits per heavy atom. The van der Waals surface area contributed by atoms with Gasteiger partial charge in [0, 0.05) is 29.6 Å². The van der Waals surface area contributed by atoms with E-state index in [1.807, 2.05) is 37.4 Å². The average molecular weight is 274 g/mol. The summed E-state index contributed by atoms with van der Waals surface area (Å²) in [6, 6.07) is 7.68. The van der Waals surface area contributed by atoms with Gasteiger partial charge in [-0.15, -0.1) is 0 Å². The quantitative estimate of drug-likeness (QED) is 0.754. The van der Waals surface area contributed by atoms with Gasteiger partial charge in [0.05, 0.1) is 6.42 Å². The maximum Gasteiger partial charge on any atom is 0.303 e. The van der Waals surface area contributed by atoms with E-state index in [0.29, 0.717) is 12.8 Å². The standard InChI is InChI=1S/C15H18N2O3/c1-10(6-7-15(19)20)17-14(18)8-11-9-16-13-5-3-2-4-12(11)13/h2-5,9-10,16H,6-8H2,1H3,(H,17,18)(H,19,20). The summed E-state index contributed by atoms with van der Waals surface area (Å²) < 4.78 is 0. The number of hydrogen-bond acceptors (Lipinski definition) is 2. The summed E-state index contributed by atoms with van der Waals surface area (Å²) in [5.41, 5.74) is 1.96. The molecule has 1 unspecified atom stereocenters. The number of carboxylic acid groups (broad SMARTS) is 1. The molecule has 0 spiro atoms. The Morgan fingerprint density at radius 2 is 2.10 bits per heavy atom.